The zero-order valence-corrected chi connectivity index (χ0v) is 18.0. The maximum atomic E-state index is 13.0. The number of pyridine rings is 1. The van der Waals surface area contributed by atoms with Crippen LogP contribution in [0.2, 0.25) is 0 Å². The van der Waals surface area contributed by atoms with Gasteiger partial charge in [0.25, 0.3) is 0 Å². The molecule has 31 heavy (non-hydrogen) atoms. The van der Waals surface area contributed by atoms with E-state index in [1.165, 1.54) is 49.1 Å². The van der Waals surface area contributed by atoms with Gasteiger partial charge in [-0.25, -0.2) is 9.37 Å². The molecular weight excluding hydrogens is 387 g/mol. The molecule has 0 unspecified atom stereocenters. The number of nitrogens with zero attached hydrogens (tertiary/aromatic N) is 2. The number of hydrogen-bond acceptors (Lipinski definition) is 3. The van der Waals surface area contributed by atoms with Gasteiger partial charge in [-0.05, 0) is 54.7 Å². The molecule has 3 nitrogen and oxygen atoms in total. The van der Waals surface area contributed by atoms with Crippen molar-refractivity contribution in [1.29, 1.82) is 0 Å². The normalized spacial score (nSPS) is 18.8. The first-order valence-corrected chi connectivity index (χ1v) is 11.3. The van der Waals surface area contributed by atoms with E-state index in [0.717, 1.165) is 19.6 Å². The largest absolute Gasteiger partial charge is 0.477 e. The summed E-state index contributed by atoms with van der Waals surface area (Å²) in [5, 5.41) is 0. The summed E-state index contributed by atoms with van der Waals surface area (Å²) in [4.78, 5) is 6.58. The van der Waals surface area contributed by atoms with E-state index in [-0.39, 0.29) is 5.82 Å². The van der Waals surface area contributed by atoms with E-state index in [4.69, 9.17) is 4.74 Å². The van der Waals surface area contributed by atoms with Gasteiger partial charge in [0, 0.05) is 25.7 Å². The molecule has 0 amide bonds. The van der Waals surface area contributed by atoms with Crippen LogP contribution >= 0.6 is 0 Å². The molecule has 0 aliphatic heterocycles. The summed E-state index contributed by atoms with van der Waals surface area (Å²) in [5.74, 6) is 1.45. The van der Waals surface area contributed by atoms with Gasteiger partial charge in [-0.2, -0.15) is 0 Å². The fraction of sp³-hybridized carbons (Fsp3) is 0.370. The highest BCUT2D eigenvalue weighted by molar-refractivity contribution is 5.17. The zero-order valence-electron chi connectivity index (χ0n) is 18.0. The first-order valence-electron chi connectivity index (χ1n) is 11.3. The van der Waals surface area contributed by atoms with Crippen molar-refractivity contribution in [3.05, 3.63) is 95.9 Å². The van der Waals surface area contributed by atoms with Crippen molar-refractivity contribution in [1.82, 2.24) is 9.88 Å². The van der Waals surface area contributed by atoms with Crippen molar-refractivity contribution in [2.45, 2.75) is 38.8 Å². The lowest BCUT2D eigenvalue weighted by Crippen LogP contribution is -2.32. The maximum Gasteiger partial charge on any atom is 0.213 e. The molecule has 0 radical (unpaired) electrons. The van der Waals surface area contributed by atoms with Gasteiger partial charge >= 0.3 is 0 Å². The van der Waals surface area contributed by atoms with Crippen LogP contribution in [0.4, 0.5) is 4.39 Å². The van der Waals surface area contributed by atoms with Crippen molar-refractivity contribution in [2.24, 2.45) is 11.8 Å². The van der Waals surface area contributed by atoms with E-state index in [9.17, 15) is 4.39 Å². The Bertz CT molecular complexity index is 852. The van der Waals surface area contributed by atoms with Crippen molar-refractivity contribution < 1.29 is 9.13 Å². The van der Waals surface area contributed by atoms with Crippen LogP contribution in [0.3, 0.4) is 0 Å². The quantitative estimate of drug-likeness (QED) is 0.419. The number of rotatable bonds is 9. The van der Waals surface area contributed by atoms with Crippen LogP contribution in [0.1, 0.15) is 36.8 Å². The van der Waals surface area contributed by atoms with Gasteiger partial charge in [0.15, 0.2) is 0 Å². The Kier molecular flexibility index (Phi) is 7.67. The van der Waals surface area contributed by atoms with E-state index in [1.54, 1.807) is 6.07 Å². The third kappa shape index (κ3) is 6.90. The molecule has 1 saturated carbocycles. The van der Waals surface area contributed by atoms with Gasteiger partial charge in [-0.3, -0.25) is 4.90 Å². The second-order valence-corrected chi connectivity index (χ2v) is 8.65. The van der Waals surface area contributed by atoms with Crippen molar-refractivity contribution >= 4 is 0 Å². The smallest absolute Gasteiger partial charge is 0.213 e. The van der Waals surface area contributed by atoms with Crippen LogP contribution in [0.25, 0.3) is 0 Å². The molecule has 0 spiro atoms. The molecule has 3 aromatic rings. The lowest BCUT2D eigenvalue weighted by atomic mass is 9.82. The van der Waals surface area contributed by atoms with Gasteiger partial charge in [0.2, 0.25) is 5.88 Å². The third-order valence-corrected chi connectivity index (χ3v) is 6.15. The van der Waals surface area contributed by atoms with Crippen LogP contribution in [0.5, 0.6) is 5.88 Å². The predicted octanol–water partition coefficient (Wildman–Crippen LogP) is 6.11. The Morgan fingerprint density at radius 2 is 1.35 bits per heavy atom. The minimum absolute atomic E-state index is 0.330. The van der Waals surface area contributed by atoms with Gasteiger partial charge in [0.1, 0.15) is 5.82 Å². The highest BCUT2D eigenvalue weighted by Crippen LogP contribution is 2.30. The summed E-state index contributed by atoms with van der Waals surface area (Å²) < 4.78 is 18.8. The fourth-order valence-corrected chi connectivity index (χ4v) is 4.46. The fourth-order valence-electron chi connectivity index (χ4n) is 4.46. The number of benzene rings is 2. The monoisotopic (exact) mass is 418 g/mol. The van der Waals surface area contributed by atoms with Crippen molar-refractivity contribution in [3.63, 3.8) is 0 Å². The van der Waals surface area contributed by atoms with E-state index >= 15 is 0 Å². The average Bonchev–Trinajstić information content (AvgIpc) is 2.81. The highest BCUT2D eigenvalue weighted by Gasteiger charge is 2.24. The Morgan fingerprint density at radius 3 is 1.90 bits per heavy atom. The Labute approximate surface area is 184 Å². The predicted molar refractivity (Wildman–Crippen MR) is 122 cm³/mol. The molecule has 1 aromatic heterocycles. The van der Waals surface area contributed by atoms with Gasteiger partial charge in [-0.15, -0.1) is 0 Å². The van der Waals surface area contributed by atoms with Gasteiger partial charge < -0.3 is 4.74 Å². The summed E-state index contributed by atoms with van der Waals surface area (Å²) >= 11 is 0. The molecule has 1 heterocycles. The molecule has 162 valence electrons. The van der Waals surface area contributed by atoms with Crippen LogP contribution in [0, 0.1) is 17.7 Å². The van der Waals surface area contributed by atoms with Crippen molar-refractivity contribution in [2.75, 3.05) is 13.2 Å². The number of ether oxygens (including phenoxy) is 1. The molecule has 1 aliphatic carbocycles. The van der Waals surface area contributed by atoms with E-state index in [1.807, 2.05) is 0 Å². The van der Waals surface area contributed by atoms with E-state index in [0.29, 0.717) is 24.3 Å². The highest BCUT2D eigenvalue weighted by atomic mass is 19.1. The minimum Gasteiger partial charge on any atom is -0.477 e. The second kappa shape index (κ2) is 11.1. The zero-order chi connectivity index (χ0) is 21.3. The molecular formula is C27H31FN2O. The topological polar surface area (TPSA) is 25.4 Å². The third-order valence-electron chi connectivity index (χ3n) is 6.15. The molecule has 0 N–H and O–H groups in total. The van der Waals surface area contributed by atoms with Crippen LogP contribution < -0.4 is 4.74 Å². The lowest BCUT2D eigenvalue weighted by Gasteiger charge is -2.33. The van der Waals surface area contributed by atoms with Gasteiger partial charge in [-0.1, -0.05) is 60.7 Å². The van der Waals surface area contributed by atoms with Crippen LogP contribution in [-0.2, 0) is 13.1 Å². The molecule has 2 aromatic carbocycles. The SMILES string of the molecule is Fc1ccc(OCC2CCC(CN(Cc3ccccc3)Cc3ccccc3)CC2)nc1. The van der Waals surface area contributed by atoms with E-state index < -0.39 is 0 Å². The standard InChI is InChI=1S/C27H31FN2O/c28-26-15-16-27(29-17-26)31-21-25-13-11-24(12-14-25)20-30(18-22-7-3-1-4-8-22)19-23-9-5-2-6-10-23/h1-10,15-17,24-25H,11-14,18-21H2. The van der Waals surface area contributed by atoms with Gasteiger partial charge in [0.05, 0.1) is 12.8 Å². The maximum absolute atomic E-state index is 13.0. The summed E-state index contributed by atoms with van der Waals surface area (Å²) in [6, 6.07) is 24.5. The van der Waals surface area contributed by atoms with Crippen LogP contribution in [-0.4, -0.2) is 23.0 Å². The first-order chi connectivity index (χ1) is 15.2. The molecule has 1 fully saturated rings. The molecule has 4 heteroatoms. The Hall–Kier alpha value is -2.72. The summed E-state index contributed by atoms with van der Waals surface area (Å²) in [5.41, 5.74) is 2.74. The van der Waals surface area contributed by atoms with Crippen LogP contribution in [0.15, 0.2) is 79.0 Å². The molecule has 0 atom stereocenters. The Morgan fingerprint density at radius 1 is 0.774 bits per heavy atom. The first kappa shape index (κ1) is 21.5. The number of halogens is 1. The Balaban J connectivity index is 1.28. The second-order valence-electron chi connectivity index (χ2n) is 8.65. The summed E-state index contributed by atoms with van der Waals surface area (Å²) in [7, 11) is 0. The molecule has 0 saturated heterocycles. The minimum atomic E-state index is -0.330. The number of hydrogen-bond donors (Lipinski definition) is 0. The molecule has 0 bridgehead atoms. The average molecular weight is 419 g/mol. The number of aromatic nitrogens is 1. The molecule has 1 aliphatic rings. The van der Waals surface area contributed by atoms with E-state index in [2.05, 4.69) is 70.5 Å². The lowest BCUT2D eigenvalue weighted by molar-refractivity contribution is 0.141. The summed E-state index contributed by atoms with van der Waals surface area (Å²) in [6.45, 7) is 3.75. The molecule has 4 rings (SSSR count). The summed E-state index contributed by atoms with van der Waals surface area (Å²) in [6.07, 6.45) is 6.02. The van der Waals surface area contributed by atoms with Crippen molar-refractivity contribution in [3.8, 4) is 5.88 Å².